The summed E-state index contributed by atoms with van der Waals surface area (Å²) >= 11 is 1.22. The van der Waals surface area contributed by atoms with E-state index >= 15 is 0 Å². The third kappa shape index (κ3) is 3.36. The molecule has 0 atom stereocenters. The SMILES string of the molecule is CCC(=O)CSc1ccccc1[N+](=O)[O-]. The van der Waals surface area contributed by atoms with Crippen molar-refractivity contribution in [2.24, 2.45) is 0 Å². The first kappa shape index (κ1) is 11.7. The van der Waals surface area contributed by atoms with Gasteiger partial charge < -0.3 is 0 Å². The van der Waals surface area contributed by atoms with Crippen molar-refractivity contribution in [3.05, 3.63) is 34.4 Å². The zero-order valence-corrected chi connectivity index (χ0v) is 9.12. The van der Waals surface area contributed by atoms with Gasteiger partial charge >= 0.3 is 0 Å². The summed E-state index contributed by atoms with van der Waals surface area (Å²) in [5.74, 6) is 0.389. The molecule has 0 N–H and O–H groups in total. The van der Waals surface area contributed by atoms with Crippen LogP contribution in [0.2, 0.25) is 0 Å². The van der Waals surface area contributed by atoms with Gasteiger partial charge in [0.1, 0.15) is 5.78 Å². The number of nitro groups is 1. The largest absolute Gasteiger partial charge is 0.299 e. The third-order valence-corrected chi connectivity index (χ3v) is 2.97. The summed E-state index contributed by atoms with van der Waals surface area (Å²) in [6.07, 6.45) is 0.466. The molecule has 0 aliphatic rings. The number of carbonyl (C=O) groups is 1. The Hall–Kier alpha value is -1.36. The lowest BCUT2D eigenvalue weighted by Crippen LogP contribution is -1.99. The predicted octanol–water partition coefficient (Wildman–Crippen LogP) is 2.67. The summed E-state index contributed by atoms with van der Waals surface area (Å²) in [4.78, 5) is 21.8. The van der Waals surface area contributed by atoms with E-state index in [1.807, 2.05) is 0 Å². The predicted molar refractivity (Wildman–Crippen MR) is 59.1 cm³/mol. The van der Waals surface area contributed by atoms with Crippen molar-refractivity contribution >= 4 is 23.2 Å². The molecule has 0 aliphatic heterocycles. The first-order chi connectivity index (χ1) is 7.15. The highest BCUT2D eigenvalue weighted by Gasteiger charge is 2.13. The first-order valence-electron chi connectivity index (χ1n) is 4.53. The zero-order chi connectivity index (χ0) is 11.3. The second kappa shape index (κ2) is 5.50. The molecule has 0 saturated carbocycles. The Morgan fingerprint density at radius 3 is 2.73 bits per heavy atom. The van der Waals surface area contributed by atoms with Crippen LogP contribution >= 0.6 is 11.8 Å². The number of Topliss-reactive ketones (excluding diaryl/α,β-unsaturated/α-hetero) is 1. The maximum Gasteiger partial charge on any atom is 0.282 e. The van der Waals surface area contributed by atoms with Crippen molar-refractivity contribution in [3.8, 4) is 0 Å². The number of ketones is 1. The van der Waals surface area contributed by atoms with E-state index in [0.29, 0.717) is 17.1 Å². The summed E-state index contributed by atoms with van der Waals surface area (Å²) in [6.45, 7) is 1.78. The molecule has 0 radical (unpaired) electrons. The standard InChI is InChI=1S/C10H11NO3S/c1-2-8(12)7-15-10-6-4-3-5-9(10)11(13)14/h3-6H,2,7H2,1H3. The van der Waals surface area contributed by atoms with E-state index in [-0.39, 0.29) is 11.5 Å². The summed E-state index contributed by atoms with van der Waals surface area (Å²) in [5, 5.41) is 10.6. The van der Waals surface area contributed by atoms with Gasteiger partial charge in [0.05, 0.1) is 15.6 Å². The molecule has 1 aromatic carbocycles. The normalized spacial score (nSPS) is 9.93. The van der Waals surface area contributed by atoms with Gasteiger partial charge in [0, 0.05) is 12.5 Å². The van der Waals surface area contributed by atoms with Crippen LogP contribution in [0.25, 0.3) is 0 Å². The number of hydrogen-bond donors (Lipinski definition) is 0. The molecular weight excluding hydrogens is 214 g/mol. The van der Waals surface area contributed by atoms with E-state index < -0.39 is 4.92 Å². The molecule has 0 aliphatic carbocycles. The number of benzene rings is 1. The molecule has 4 nitrogen and oxygen atoms in total. The van der Waals surface area contributed by atoms with Crippen LogP contribution in [-0.2, 0) is 4.79 Å². The van der Waals surface area contributed by atoms with E-state index in [1.54, 1.807) is 25.1 Å². The lowest BCUT2D eigenvalue weighted by molar-refractivity contribution is -0.387. The lowest BCUT2D eigenvalue weighted by Gasteiger charge is -2.00. The van der Waals surface area contributed by atoms with Crippen molar-refractivity contribution in [3.63, 3.8) is 0 Å². The van der Waals surface area contributed by atoms with E-state index in [4.69, 9.17) is 0 Å². The monoisotopic (exact) mass is 225 g/mol. The number of nitrogens with zero attached hydrogens (tertiary/aromatic N) is 1. The van der Waals surface area contributed by atoms with Crippen LogP contribution in [0, 0.1) is 10.1 Å². The highest BCUT2D eigenvalue weighted by Crippen LogP contribution is 2.28. The molecule has 0 bridgehead atoms. The van der Waals surface area contributed by atoms with Crippen molar-refractivity contribution in [1.82, 2.24) is 0 Å². The zero-order valence-electron chi connectivity index (χ0n) is 8.30. The minimum Gasteiger partial charge on any atom is -0.299 e. The van der Waals surface area contributed by atoms with Gasteiger partial charge in [0.2, 0.25) is 0 Å². The second-order valence-electron chi connectivity index (χ2n) is 2.91. The van der Waals surface area contributed by atoms with E-state index in [0.717, 1.165) is 0 Å². The van der Waals surface area contributed by atoms with E-state index in [9.17, 15) is 14.9 Å². The van der Waals surface area contributed by atoms with Crippen LogP contribution in [0.3, 0.4) is 0 Å². The molecule has 0 spiro atoms. The Morgan fingerprint density at radius 2 is 2.13 bits per heavy atom. The molecule has 0 fully saturated rings. The summed E-state index contributed by atoms with van der Waals surface area (Å²) in [7, 11) is 0. The Balaban J connectivity index is 2.76. The fraction of sp³-hybridized carbons (Fsp3) is 0.300. The quantitative estimate of drug-likeness (QED) is 0.439. The molecule has 5 heteroatoms. The number of para-hydroxylation sites is 1. The van der Waals surface area contributed by atoms with Gasteiger partial charge in [-0.05, 0) is 6.07 Å². The van der Waals surface area contributed by atoms with Gasteiger partial charge in [0.25, 0.3) is 5.69 Å². The molecule has 80 valence electrons. The Labute approximate surface area is 91.8 Å². The number of nitro benzene ring substituents is 1. The molecular formula is C10H11NO3S. The van der Waals surface area contributed by atoms with Crippen molar-refractivity contribution in [2.45, 2.75) is 18.2 Å². The number of thioether (sulfide) groups is 1. The Kier molecular flexibility index (Phi) is 4.30. The molecule has 0 heterocycles. The van der Waals surface area contributed by atoms with Gasteiger partial charge in [-0.15, -0.1) is 11.8 Å². The van der Waals surface area contributed by atoms with Gasteiger partial charge in [0.15, 0.2) is 0 Å². The highest BCUT2D eigenvalue weighted by molar-refractivity contribution is 8.00. The summed E-state index contributed by atoms with van der Waals surface area (Å²) in [5.41, 5.74) is 0.0615. The van der Waals surface area contributed by atoms with Crippen LogP contribution in [0.4, 0.5) is 5.69 Å². The number of rotatable bonds is 5. The van der Waals surface area contributed by atoms with Crippen LogP contribution < -0.4 is 0 Å². The maximum atomic E-state index is 11.1. The molecule has 1 rings (SSSR count). The van der Waals surface area contributed by atoms with Gasteiger partial charge in [-0.25, -0.2) is 0 Å². The highest BCUT2D eigenvalue weighted by atomic mass is 32.2. The third-order valence-electron chi connectivity index (χ3n) is 1.84. The average Bonchev–Trinajstić information content (AvgIpc) is 2.26. The molecule has 0 aromatic heterocycles. The molecule has 1 aromatic rings. The molecule has 0 saturated heterocycles. The molecule has 15 heavy (non-hydrogen) atoms. The number of hydrogen-bond acceptors (Lipinski definition) is 4. The minimum atomic E-state index is -0.432. The number of carbonyl (C=O) groups excluding carboxylic acids is 1. The summed E-state index contributed by atoms with van der Waals surface area (Å²) in [6, 6.07) is 6.44. The topological polar surface area (TPSA) is 60.2 Å². The average molecular weight is 225 g/mol. The Morgan fingerprint density at radius 1 is 1.47 bits per heavy atom. The second-order valence-corrected chi connectivity index (χ2v) is 3.92. The van der Waals surface area contributed by atoms with Crippen molar-refractivity contribution < 1.29 is 9.72 Å². The van der Waals surface area contributed by atoms with Gasteiger partial charge in [-0.2, -0.15) is 0 Å². The van der Waals surface area contributed by atoms with Crippen molar-refractivity contribution in [1.29, 1.82) is 0 Å². The van der Waals surface area contributed by atoms with Crippen LogP contribution in [-0.4, -0.2) is 16.5 Å². The van der Waals surface area contributed by atoms with Gasteiger partial charge in [-0.1, -0.05) is 19.1 Å². The minimum absolute atomic E-state index is 0.0615. The summed E-state index contributed by atoms with van der Waals surface area (Å²) < 4.78 is 0. The van der Waals surface area contributed by atoms with Crippen molar-refractivity contribution in [2.75, 3.05) is 5.75 Å². The van der Waals surface area contributed by atoms with Crippen LogP contribution in [0.1, 0.15) is 13.3 Å². The fourth-order valence-corrected chi connectivity index (χ4v) is 1.98. The lowest BCUT2D eigenvalue weighted by atomic mass is 10.3. The molecule has 0 amide bonds. The van der Waals surface area contributed by atoms with E-state index in [2.05, 4.69) is 0 Å². The van der Waals surface area contributed by atoms with Crippen LogP contribution in [0.5, 0.6) is 0 Å². The molecule has 0 unspecified atom stereocenters. The smallest absolute Gasteiger partial charge is 0.282 e. The van der Waals surface area contributed by atoms with E-state index in [1.165, 1.54) is 17.8 Å². The van der Waals surface area contributed by atoms with Crippen LogP contribution in [0.15, 0.2) is 29.2 Å². The first-order valence-corrected chi connectivity index (χ1v) is 5.51. The Bertz CT molecular complexity index is 379. The maximum absolute atomic E-state index is 11.1. The fourth-order valence-electron chi connectivity index (χ4n) is 0.990. The van der Waals surface area contributed by atoms with Gasteiger partial charge in [-0.3, -0.25) is 14.9 Å².